The Morgan fingerprint density at radius 1 is 1.15 bits per heavy atom. The first-order chi connectivity index (χ1) is 9.58. The monoisotopic (exact) mass is 274 g/mol. The van der Waals surface area contributed by atoms with Crippen molar-refractivity contribution in [2.24, 2.45) is 5.92 Å². The molecule has 1 atom stereocenters. The van der Waals surface area contributed by atoms with Gasteiger partial charge in [0.25, 0.3) is 5.91 Å². The molecule has 3 heteroatoms. The predicted molar refractivity (Wildman–Crippen MR) is 83.1 cm³/mol. The van der Waals surface area contributed by atoms with Crippen LogP contribution in [-0.2, 0) is 0 Å². The van der Waals surface area contributed by atoms with E-state index in [9.17, 15) is 4.79 Å². The third kappa shape index (κ3) is 3.83. The van der Waals surface area contributed by atoms with Gasteiger partial charge >= 0.3 is 0 Å². The van der Waals surface area contributed by atoms with Crippen LogP contribution in [0, 0.1) is 5.92 Å². The molecule has 0 radical (unpaired) electrons. The topological polar surface area (TPSA) is 41.1 Å². The molecule has 1 aromatic carbocycles. The lowest BCUT2D eigenvalue weighted by atomic mass is 9.91. The minimum atomic E-state index is 0.0475. The van der Waals surface area contributed by atoms with E-state index in [1.165, 1.54) is 5.56 Å². The fourth-order valence-corrected chi connectivity index (χ4v) is 2.77. The highest BCUT2D eigenvalue weighted by atomic mass is 16.1. The van der Waals surface area contributed by atoms with Crippen LogP contribution < -0.4 is 10.6 Å². The molecule has 1 heterocycles. The minimum Gasteiger partial charge on any atom is -0.349 e. The highest BCUT2D eigenvalue weighted by molar-refractivity contribution is 5.94. The van der Waals surface area contributed by atoms with Gasteiger partial charge in [0.2, 0.25) is 0 Å². The zero-order valence-electron chi connectivity index (χ0n) is 12.8. The van der Waals surface area contributed by atoms with Crippen molar-refractivity contribution < 1.29 is 4.79 Å². The molecule has 1 fully saturated rings. The van der Waals surface area contributed by atoms with E-state index in [-0.39, 0.29) is 11.9 Å². The predicted octanol–water partition coefficient (Wildman–Crippen LogP) is 2.93. The molecule has 3 nitrogen and oxygen atoms in total. The molecule has 0 spiro atoms. The lowest BCUT2D eigenvalue weighted by Gasteiger charge is -2.28. The van der Waals surface area contributed by atoms with Gasteiger partial charge in [0.15, 0.2) is 0 Å². The van der Waals surface area contributed by atoms with Gasteiger partial charge in [-0.1, -0.05) is 26.0 Å². The molecule has 2 rings (SSSR count). The molecular formula is C17H26N2O. The van der Waals surface area contributed by atoms with Gasteiger partial charge < -0.3 is 10.6 Å². The molecule has 110 valence electrons. The molecule has 2 N–H and O–H groups in total. The summed E-state index contributed by atoms with van der Waals surface area (Å²) in [5.41, 5.74) is 2.03. The van der Waals surface area contributed by atoms with E-state index in [4.69, 9.17) is 0 Å². The maximum absolute atomic E-state index is 12.3. The summed E-state index contributed by atoms with van der Waals surface area (Å²) in [6.07, 6.45) is 2.29. The SMILES string of the molecule is CC(C)c1ccc(C(=O)NC(C)C2CCNCC2)cc1. The summed E-state index contributed by atoms with van der Waals surface area (Å²) >= 11 is 0. The number of carbonyl (C=O) groups is 1. The number of piperidine rings is 1. The summed E-state index contributed by atoms with van der Waals surface area (Å²) in [4.78, 5) is 12.3. The largest absolute Gasteiger partial charge is 0.349 e. The number of benzene rings is 1. The van der Waals surface area contributed by atoms with Crippen LogP contribution in [0.1, 0.15) is 55.5 Å². The number of hydrogen-bond donors (Lipinski definition) is 2. The van der Waals surface area contributed by atoms with Crippen molar-refractivity contribution >= 4 is 5.91 Å². The van der Waals surface area contributed by atoms with Gasteiger partial charge in [-0.2, -0.15) is 0 Å². The van der Waals surface area contributed by atoms with E-state index in [1.54, 1.807) is 0 Å². The Morgan fingerprint density at radius 2 is 1.75 bits per heavy atom. The van der Waals surface area contributed by atoms with Gasteiger partial charge in [-0.15, -0.1) is 0 Å². The molecule has 0 aromatic heterocycles. The smallest absolute Gasteiger partial charge is 0.251 e. The molecule has 0 aliphatic carbocycles. The van der Waals surface area contributed by atoms with Crippen LogP contribution in [-0.4, -0.2) is 25.0 Å². The van der Waals surface area contributed by atoms with Crippen molar-refractivity contribution in [3.8, 4) is 0 Å². The van der Waals surface area contributed by atoms with E-state index in [1.807, 2.05) is 12.1 Å². The second-order valence-electron chi connectivity index (χ2n) is 6.13. The first kappa shape index (κ1) is 15.0. The zero-order chi connectivity index (χ0) is 14.5. The van der Waals surface area contributed by atoms with Crippen LogP contribution in [0.5, 0.6) is 0 Å². The fraction of sp³-hybridized carbons (Fsp3) is 0.588. The average Bonchev–Trinajstić information content (AvgIpc) is 2.48. The summed E-state index contributed by atoms with van der Waals surface area (Å²) in [5, 5.41) is 6.51. The Bertz CT molecular complexity index is 433. The van der Waals surface area contributed by atoms with Gasteiger partial charge in [-0.25, -0.2) is 0 Å². The molecule has 1 aliphatic heterocycles. The van der Waals surface area contributed by atoms with Crippen LogP contribution in [0.25, 0.3) is 0 Å². The summed E-state index contributed by atoms with van der Waals surface area (Å²) < 4.78 is 0. The van der Waals surface area contributed by atoms with Crippen LogP contribution >= 0.6 is 0 Å². The van der Waals surface area contributed by atoms with Crippen LogP contribution in [0.4, 0.5) is 0 Å². The molecule has 1 saturated heterocycles. The Morgan fingerprint density at radius 3 is 2.30 bits per heavy atom. The second-order valence-corrected chi connectivity index (χ2v) is 6.13. The quantitative estimate of drug-likeness (QED) is 0.886. The maximum Gasteiger partial charge on any atom is 0.251 e. The average molecular weight is 274 g/mol. The van der Waals surface area contributed by atoms with Crippen LogP contribution in [0.15, 0.2) is 24.3 Å². The van der Waals surface area contributed by atoms with Gasteiger partial charge in [0, 0.05) is 11.6 Å². The molecule has 1 aliphatic rings. The van der Waals surface area contributed by atoms with Gasteiger partial charge in [0.1, 0.15) is 0 Å². The zero-order valence-corrected chi connectivity index (χ0v) is 12.8. The van der Waals surface area contributed by atoms with Crippen LogP contribution in [0.3, 0.4) is 0 Å². The van der Waals surface area contributed by atoms with E-state index in [2.05, 4.69) is 43.5 Å². The van der Waals surface area contributed by atoms with Crippen molar-refractivity contribution in [3.63, 3.8) is 0 Å². The second kappa shape index (κ2) is 6.89. The fourth-order valence-electron chi connectivity index (χ4n) is 2.77. The number of hydrogen-bond acceptors (Lipinski definition) is 2. The Hall–Kier alpha value is -1.35. The summed E-state index contributed by atoms with van der Waals surface area (Å²) in [5.74, 6) is 1.14. The van der Waals surface area contributed by atoms with Gasteiger partial charge in [-0.05, 0) is 62.4 Å². The Labute approximate surface area is 122 Å². The van der Waals surface area contributed by atoms with E-state index in [0.717, 1.165) is 31.5 Å². The standard InChI is InChI=1S/C17H26N2O/c1-12(2)14-4-6-16(7-5-14)17(20)19-13(3)15-8-10-18-11-9-15/h4-7,12-13,15,18H,8-11H2,1-3H3,(H,19,20). The molecule has 20 heavy (non-hydrogen) atoms. The van der Waals surface area contributed by atoms with Gasteiger partial charge in [0.05, 0.1) is 0 Å². The van der Waals surface area contributed by atoms with E-state index < -0.39 is 0 Å². The van der Waals surface area contributed by atoms with Crippen molar-refractivity contribution in [2.45, 2.75) is 45.6 Å². The number of amides is 1. The molecule has 1 aromatic rings. The molecule has 1 unspecified atom stereocenters. The van der Waals surface area contributed by atoms with Crippen molar-refractivity contribution in [1.29, 1.82) is 0 Å². The van der Waals surface area contributed by atoms with Crippen LogP contribution in [0.2, 0.25) is 0 Å². The summed E-state index contributed by atoms with van der Waals surface area (Å²) in [6.45, 7) is 8.57. The lowest BCUT2D eigenvalue weighted by molar-refractivity contribution is 0.0920. The van der Waals surface area contributed by atoms with E-state index in [0.29, 0.717) is 11.8 Å². The number of nitrogens with one attached hydrogen (secondary N) is 2. The number of rotatable bonds is 4. The highest BCUT2D eigenvalue weighted by Crippen LogP contribution is 2.17. The molecular weight excluding hydrogens is 248 g/mol. The normalized spacial score (nSPS) is 18.0. The van der Waals surface area contributed by atoms with Crippen molar-refractivity contribution in [1.82, 2.24) is 10.6 Å². The Kier molecular flexibility index (Phi) is 5.18. The minimum absolute atomic E-state index is 0.0475. The van der Waals surface area contributed by atoms with Crippen molar-refractivity contribution in [2.75, 3.05) is 13.1 Å². The summed E-state index contributed by atoms with van der Waals surface area (Å²) in [6, 6.07) is 8.21. The molecule has 1 amide bonds. The molecule has 0 saturated carbocycles. The Balaban J connectivity index is 1.93. The number of carbonyl (C=O) groups excluding carboxylic acids is 1. The molecule has 0 bridgehead atoms. The first-order valence-electron chi connectivity index (χ1n) is 7.69. The highest BCUT2D eigenvalue weighted by Gasteiger charge is 2.21. The third-order valence-corrected chi connectivity index (χ3v) is 4.29. The lowest BCUT2D eigenvalue weighted by Crippen LogP contribution is -2.42. The van der Waals surface area contributed by atoms with E-state index >= 15 is 0 Å². The van der Waals surface area contributed by atoms with Crippen molar-refractivity contribution in [3.05, 3.63) is 35.4 Å². The van der Waals surface area contributed by atoms with Gasteiger partial charge in [-0.3, -0.25) is 4.79 Å². The third-order valence-electron chi connectivity index (χ3n) is 4.29. The maximum atomic E-state index is 12.3. The summed E-state index contributed by atoms with van der Waals surface area (Å²) in [7, 11) is 0. The first-order valence-corrected chi connectivity index (χ1v) is 7.69.